The van der Waals surface area contributed by atoms with Crippen molar-refractivity contribution in [1.82, 2.24) is 20.9 Å². The van der Waals surface area contributed by atoms with E-state index in [0.717, 1.165) is 64.2 Å². The second kappa shape index (κ2) is 15.3. The molecule has 3 saturated carbocycles. The van der Waals surface area contributed by atoms with Crippen molar-refractivity contribution < 1.29 is 32.4 Å². The molecule has 4 aliphatic rings. The van der Waals surface area contributed by atoms with E-state index in [4.69, 9.17) is 5.73 Å². The average Bonchev–Trinajstić information content (AvgIpc) is 3.84. The van der Waals surface area contributed by atoms with E-state index in [9.17, 15) is 32.4 Å². The highest BCUT2D eigenvalue weighted by molar-refractivity contribution is 7.92. The lowest BCUT2D eigenvalue weighted by Crippen LogP contribution is -2.65. The number of urea groups is 1. The average molecular weight is 708 g/mol. The van der Waals surface area contributed by atoms with E-state index in [2.05, 4.69) is 29.8 Å². The summed E-state index contributed by atoms with van der Waals surface area (Å²) in [6.45, 7) is 11.4. The Morgan fingerprint density at radius 1 is 0.898 bits per heavy atom. The molecule has 0 aromatic rings. The first-order valence-corrected chi connectivity index (χ1v) is 20.2. The maximum Gasteiger partial charge on any atom is 0.315 e. The van der Waals surface area contributed by atoms with Gasteiger partial charge in [-0.15, -0.1) is 0 Å². The van der Waals surface area contributed by atoms with Gasteiger partial charge < -0.3 is 26.6 Å². The number of carbonyl (C=O) groups is 5. The SMILES string of the molecule is CC1CN(C(=O)[C@@H](NC(=O)NC2(CS(=O)(=O)C(C)(C)C)CCCCC2)C2CCCCC2)[C@H](C(=O)NC(CC2CC2)C(=O)C(N)=O)CC1(C)C. The molecule has 278 valence electrons. The summed E-state index contributed by atoms with van der Waals surface area (Å²) in [5, 5.41) is 8.85. The Morgan fingerprint density at radius 2 is 1.49 bits per heavy atom. The Morgan fingerprint density at radius 3 is 2.04 bits per heavy atom. The van der Waals surface area contributed by atoms with Crippen molar-refractivity contribution in [2.75, 3.05) is 12.3 Å². The molecule has 0 radical (unpaired) electrons. The topological polar surface area (TPSA) is 185 Å². The number of nitrogens with one attached hydrogen (secondary N) is 3. The van der Waals surface area contributed by atoms with Gasteiger partial charge >= 0.3 is 6.03 Å². The van der Waals surface area contributed by atoms with Crippen LogP contribution in [0.25, 0.3) is 0 Å². The van der Waals surface area contributed by atoms with Gasteiger partial charge in [0.2, 0.25) is 17.6 Å². The summed E-state index contributed by atoms with van der Waals surface area (Å²) < 4.78 is 25.8. The maximum absolute atomic E-state index is 14.7. The standard InChI is InChI=1S/C36H61N5O7S/c1-23-21-41(27(20-35(23,5)6)31(44)38-26(19-24-15-16-24)29(42)30(37)43)32(45)28(25-13-9-7-10-14-25)39-33(46)40-36(17-11-8-12-18-36)22-49(47,48)34(2,3)4/h23-28H,7-22H2,1-6H3,(H2,37,43)(H,38,44)(H2,39,40,46)/t23?,26?,27-,28-/m0/s1. The molecule has 49 heavy (non-hydrogen) atoms. The molecule has 1 heterocycles. The molecule has 1 saturated heterocycles. The molecule has 0 bridgehead atoms. The number of Topliss-reactive ketones (excluding diaryl/α,β-unsaturated/α-hetero) is 1. The predicted octanol–water partition coefficient (Wildman–Crippen LogP) is 3.75. The van der Waals surface area contributed by atoms with Crippen LogP contribution < -0.4 is 21.7 Å². The van der Waals surface area contributed by atoms with E-state index in [1.54, 1.807) is 25.7 Å². The molecule has 3 aliphatic carbocycles. The molecule has 1 aliphatic heterocycles. The van der Waals surface area contributed by atoms with Gasteiger partial charge in [0.15, 0.2) is 9.84 Å². The van der Waals surface area contributed by atoms with E-state index in [-0.39, 0.29) is 41.4 Å². The molecule has 2 unspecified atom stereocenters. The van der Waals surface area contributed by atoms with Crippen LogP contribution in [0, 0.1) is 23.2 Å². The van der Waals surface area contributed by atoms with Crippen LogP contribution in [0.5, 0.6) is 0 Å². The lowest BCUT2D eigenvalue weighted by molar-refractivity contribution is -0.150. The van der Waals surface area contributed by atoms with Crippen molar-refractivity contribution in [2.45, 2.75) is 160 Å². The lowest BCUT2D eigenvalue weighted by atomic mass is 9.71. The van der Waals surface area contributed by atoms with Gasteiger partial charge in [-0.2, -0.15) is 0 Å². The number of primary amides is 1. The monoisotopic (exact) mass is 707 g/mol. The van der Waals surface area contributed by atoms with Crippen LogP contribution in [0.2, 0.25) is 0 Å². The third kappa shape index (κ3) is 9.76. The van der Waals surface area contributed by atoms with Gasteiger partial charge in [0.05, 0.1) is 22.1 Å². The molecule has 5 amide bonds. The molecule has 4 atom stereocenters. The van der Waals surface area contributed by atoms with Gasteiger partial charge in [0, 0.05) is 6.54 Å². The smallest absolute Gasteiger partial charge is 0.315 e. The number of nitrogens with zero attached hydrogens (tertiary/aromatic N) is 1. The van der Waals surface area contributed by atoms with Gasteiger partial charge in [-0.05, 0) is 82.5 Å². The highest BCUT2D eigenvalue weighted by atomic mass is 32.2. The minimum Gasteiger partial charge on any atom is -0.363 e. The largest absolute Gasteiger partial charge is 0.363 e. The van der Waals surface area contributed by atoms with Crippen LogP contribution in [0.4, 0.5) is 4.79 Å². The highest BCUT2D eigenvalue weighted by Crippen LogP contribution is 2.40. The number of piperidine rings is 1. The number of hydrogen-bond donors (Lipinski definition) is 4. The summed E-state index contributed by atoms with van der Waals surface area (Å²) in [7, 11) is -3.56. The number of carbonyl (C=O) groups excluding carboxylic acids is 5. The molecule has 5 N–H and O–H groups in total. The first-order valence-electron chi connectivity index (χ1n) is 18.5. The van der Waals surface area contributed by atoms with E-state index >= 15 is 0 Å². The fraction of sp³-hybridized carbons (Fsp3) is 0.861. The normalized spacial score (nSPS) is 25.8. The van der Waals surface area contributed by atoms with Crippen LogP contribution >= 0.6 is 0 Å². The maximum atomic E-state index is 14.7. The highest BCUT2D eigenvalue weighted by Gasteiger charge is 2.48. The quantitative estimate of drug-likeness (QED) is 0.223. The predicted molar refractivity (Wildman–Crippen MR) is 188 cm³/mol. The number of hydrogen-bond acceptors (Lipinski definition) is 7. The molecule has 0 spiro atoms. The number of likely N-dealkylation sites (tertiary alicyclic amines) is 1. The summed E-state index contributed by atoms with van der Waals surface area (Å²) in [4.78, 5) is 68.8. The molecule has 4 fully saturated rings. The number of rotatable bonds is 12. The van der Waals surface area contributed by atoms with Gasteiger partial charge in [0.1, 0.15) is 12.1 Å². The first kappa shape index (κ1) is 39.1. The van der Waals surface area contributed by atoms with Crippen LogP contribution in [0.1, 0.15) is 131 Å². The number of amides is 5. The van der Waals surface area contributed by atoms with E-state index in [0.29, 0.717) is 25.7 Å². The Hall–Kier alpha value is -2.70. The lowest BCUT2D eigenvalue weighted by Gasteiger charge is -2.48. The summed E-state index contributed by atoms with van der Waals surface area (Å²) in [5.41, 5.74) is 4.09. The van der Waals surface area contributed by atoms with E-state index in [1.165, 1.54) is 0 Å². The summed E-state index contributed by atoms with van der Waals surface area (Å²) >= 11 is 0. The molecular weight excluding hydrogens is 646 g/mol. The van der Waals surface area contributed by atoms with Crippen LogP contribution in [0.15, 0.2) is 0 Å². The Balaban J connectivity index is 1.60. The van der Waals surface area contributed by atoms with Crippen molar-refractivity contribution in [3.05, 3.63) is 0 Å². The third-order valence-electron chi connectivity index (χ3n) is 11.9. The number of ketones is 1. The number of sulfone groups is 1. The zero-order valence-corrected chi connectivity index (χ0v) is 31.4. The van der Waals surface area contributed by atoms with Crippen LogP contribution in [-0.2, 0) is 29.0 Å². The third-order valence-corrected chi connectivity index (χ3v) is 14.7. The van der Waals surface area contributed by atoms with Crippen LogP contribution in [-0.4, -0.2) is 83.6 Å². The van der Waals surface area contributed by atoms with Crippen molar-refractivity contribution in [3.8, 4) is 0 Å². The van der Waals surface area contributed by atoms with Gasteiger partial charge in [-0.1, -0.05) is 72.1 Å². The first-order chi connectivity index (χ1) is 22.8. The number of nitrogens with two attached hydrogens (primary N) is 1. The summed E-state index contributed by atoms with van der Waals surface area (Å²) in [5.74, 6) is -2.87. The van der Waals surface area contributed by atoms with Crippen molar-refractivity contribution >= 4 is 39.4 Å². The Bertz CT molecular complexity index is 1360. The van der Waals surface area contributed by atoms with E-state index < -0.39 is 61.9 Å². The Labute approximate surface area is 293 Å². The molecule has 0 aromatic heterocycles. The minimum atomic E-state index is -3.56. The second-order valence-electron chi connectivity index (χ2n) is 17.3. The minimum absolute atomic E-state index is 0.0314. The summed E-state index contributed by atoms with van der Waals surface area (Å²) in [6, 6.07) is -3.46. The summed E-state index contributed by atoms with van der Waals surface area (Å²) in [6.07, 6.45) is 10.4. The Kier molecular flexibility index (Phi) is 12.2. The van der Waals surface area contributed by atoms with E-state index in [1.807, 2.05) is 6.92 Å². The fourth-order valence-corrected chi connectivity index (χ4v) is 9.40. The van der Waals surface area contributed by atoms with Crippen molar-refractivity contribution in [2.24, 2.45) is 28.9 Å². The molecule has 4 rings (SSSR count). The molecule has 12 nitrogen and oxygen atoms in total. The zero-order chi connectivity index (χ0) is 36.4. The molecular formula is C36H61N5O7S. The van der Waals surface area contributed by atoms with Crippen LogP contribution in [0.3, 0.4) is 0 Å². The van der Waals surface area contributed by atoms with Gasteiger partial charge in [0.25, 0.3) is 5.91 Å². The molecule has 0 aromatic carbocycles. The molecule has 13 heteroatoms. The second-order valence-corrected chi connectivity index (χ2v) is 20.0. The van der Waals surface area contributed by atoms with Gasteiger partial charge in [-0.25, -0.2) is 13.2 Å². The zero-order valence-electron chi connectivity index (χ0n) is 30.6. The fourth-order valence-electron chi connectivity index (χ4n) is 7.87. The van der Waals surface area contributed by atoms with Crippen molar-refractivity contribution in [3.63, 3.8) is 0 Å². The van der Waals surface area contributed by atoms with Crippen molar-refractivity contribution in [1.29, 1.82) is 0 Å². The van der Waals surface area contributed by atoms with Gasteiger partial charge in [-0.3, -0.25) is 19.2 Å².